The Morgan fingerprint density at radius 1 is 1.23 bits per heavy atom. The Bertz CT molecular complexity index is 688. The number of ether oxygens (including phenoxy) is 1. The Morgan fingerprint density at radius 2 is 1.82 bits per heavy atom. The molecule has 112 valence electrons. The van der Waals surface area contributed by atoms with Crippen molar-refractivity contribution < 1.29 is 14.6 Å². The van der Waals surface area contributed by atoms with Crippen molar-refractivity contribution in [2.45, 2.75) is 18.6 Å². The molecule has 0 heterocycles. The summed E-state index contributed by atoms with van der Waals surface area (Å²) in [7, 11) is 0. The van der Waals surface area contributed by atoms with Crippen LogP contribution in [0.3, 0.4) is 0 Å². The van der Waals surface area contributed by atoms with E-state index < -0.39 is 17.6 Å². The third kappa shape index (κ3) is 3.25. The van der Waals surface area contributed by atoms with Crippen LogP contribution < -0.4 is 10.5 Å². The van der Waals surface area contributed by atoms with Crippen LogP contribution in [0.4, 0.5) is 0 Å². The zero-order valence-corrected chi connectivity index (χ0v) is 12.1. The maximum Gasteiger partial charge on any atom is 0.253 e. The van der Waals surface area contributed by atoms with E-state index >= 15 is 0 Å². The summed E-state index contributed by atoms with van der Waals surface area (Å²) in [6.45, 7) is 1.32. The van der Waals surface area contributed by atoms with Crippen molar-refractivity contribution in [2.75, 3.05) is 0 Å². The van der Waals surface area contributed by atoms with Gasteiger partial charge in [0.15, 0.2) is 11.7 Å². The Kier molecular flexibility index (Phi) is 4.44. The average Bonchev–Trinajstić information content (AvgIpc) is 2.53. The largest absolute Gasteiger partial charge is 0.482 e. The van der Waals surface area contributed by atoms with Crippen molar-refractivity contribution in [2.24, 2.45) is 5.73 Å². The molecule has 0 fully saturated rings. The van der Waals surface area contributed by atoms with Gasteiger partial charge in [-0.05, 0) is 36.8 Å². The maximum atomic E-state index is 11.6. The van der Waals surface area contributed by atoms with Crippen LogP contribution in [-0.4, -0.2) is 16.6 Å². The number of carbonyl (C=O) groups is 1. The van der Waals surface area contributed by atoms with E-state index in [2.05, 4.69) is 0 Å². The first-order valence-electron chi connectivity index (χ1n) is 6.69. The summed E-state index contributed by atoms with van der Waals surface area (Å²) < 4.78 is 5.77. The molecule has 3 N–H and O–H groups in total. The van der Waals surface area contributed by atoms with Gasteiger partial charge in [-0.15, -0.1) is 0 Å². The van der Waals surface area contributed by atoms with Gasteiger partial charge in [0.25, 0.3) is 5.91 Å². The van der Waals surface area contributed by atoms with Crippen LogP contribution in [0.1, 0.15) is 24.2 Å². The van der Waals surface area contributed by atoms with Crippen molar-refractivity contribution >= 4 is 5.91 Å². The highest BCUT2D eigenvalue weighted by Crippen LogP contribution is 2.31. The fourth-order valence-corrected chi connectivity index (χ4v) is 2.01. The molecule has 2 aromatic carbocycles. The molecular weight excluding hydrogens is 280 g/mol. The number of primary amides is 1. The van der Waals surface area contributed by atoms with Crippen LogP contribution in [0.5, 0.6) is 5.75 Å². The Balaban J connectivity index is 2.36. The number of rotatable bonds is 5. The van der Waals surface area contributed by atoms with Crippen molar-refractivity contribution in [3.8, 4) is 11.8 Å². The van der Waals surface area contributed by atoms with E-state index in [1.807, 2.05) is 12.1 Å². The van der Waals surface area contributed by atoms with Gasteiger partial charge in [0.2, 0.25) is 0 Å². The standard InChI is InChI=1S/C17H16N2O3/c1-17(21,16(19)20)15(13-5-3-2-4-6-13)22-14-9-7-12(11-18)8-10-14/h2-10,15,21H,1H3,(H2,19,20). The number of nitrogens with zero attached hydrogens (tertiary/aromatic N) is 1. The highest BCUT2D eigenvalue weighted by molar-refractivity contribution is 5.83. The molecule has 0 radical (unpaired) electrons. The first-order chi connectivity index (χ1) is 10.4. The van der Waals surface area contributed by atoms with E-state index in [1.165, 1.54) is 6.92 Å². The van der Waals surface area contributed by atoms with E-state index in [4.69, 9.17) is 15.7 Å². The highest BCUT2D eigenvalue weighted by atomic mass is 16.5. The summed E-state index contributed by atoms with van der Waals surface area (Å²) in [5.74, 6) is -0.454. The monoisotopic (exact) mass is 296 g/mol. The number of benzene rings is 2. The molecule has 1 amide bonds. The van der Waals surface area contributed by atoms with E-state index in [9.17, 15) is 9.90 Å². The number of amides is 1. The number of carbonyl (C=O) groups excluding carboxylic acids is 1. The molecular formula is C17H16N2O3. The summed E-state index contributed by atoms with van der Waals surface area (Å²) in [5, 5.41) is 19.2. The van der Waals surface area contributed by atoms with Crippen molar-refractivity contribution in [1.82, 2.24) is 0 Å². The first-order valence-corrected chi connectivity index (χ1v) is 6.69. The molecule has 5 heteroatoms. The van der Waals surface area contributed by atoms with Gasteiger partial charge in [0, 0.05) is 0 Å². The van der Waals surface area contributed by atoms with Gasteiger partial charge in [-0.3, -0.25) is 4.79 Å². The van der Waals surface area contributed by atoms with E-state index in [-0.39, 0.29) is 0 Å². The molecule has 22 heavy (non-hydrogen) atoms. The molecule has 2 unspecified atom stereocenters. The molecule has 0 saturated carbocycles. The van der Waals surface area contributed by atoms with Gasteiger partial charge in [0.1, 0.15) is 5.75 Å². The second kappa shape index (κ2) is 6.29. The zero-order chi connectivity index (χ0) is 16.2. The van der Waals surface area contributed by atoms with Gasteiger partial charge in [-0.2, -0.15) is 5.26 Å². The van der Waals surface area contributed by atoms with Gasteiger partial charge >= 0.3 is 0 Å². The molecule has 0 aromatic heterocycles. The summed E-state index contributed by atoms with van der Waals surface area (Å²) in [6.07, 6.45) is -0.959. The second-order valence-electron chi connectivity index (χ2n) is 5.06. The lowest BCUT2D eigenvalue weighted by Crippen LogP contribution is -2.48. The van der Waals surface area contributed by atoms with Gasteiger partial charge in [-0.1, -0.05) is 30.3 Å². The van der Waals surface area contributed by atoms with Crippen LogP contribution in [0, 0.1) is 11.3 Å². The molecule has 2 aromatic rings. The van der Waals surface area contributed by atoms with Crippen LogP contribution >= 0.6 is 0 Å². The third-order valence-corrected chi connectivity index (χ3v) is 3.35. The molecule has 0 bridgehead atoms. The topological polar surface area (TPSA) is 96.3 Å². The highest BCUT2D eigenvalue weighted by Gasteiger charge is 2.40. The van der Waals surface area contributed by atoms with Crippen molar-refractivity contribution in [3.05, 3.63) is 65.7 Å². The van der Waals surface area contributed by atoms with Crippen LogP contribution in [-0.2, 0) is 4.79 Å². The van der Waals surface area contributed by atoms with Gasteiger partial charge in [0.05, 0.1) is 11.6 Å². The zero-order valence-electron chi connectivity index (χ0n) is 12.1. The van der Waals surface area contributed by atoms with Crippen LogP contribution in [0.25, 0.3) is 0 Å². The van der Waals surface area contributed by atoms with Gasteiger partial charge < -0.3 is 15.6 Å². The van der Waals surface area contributed by atoms with Gasteiger partial charge in [-0.25, -0.2) is 0 Å². The van der Waals surface area contributed by atoms with Crippen molar-refractivity contribution in [1.29, 1.82) is 5.26 Å². The summed E-state index contributed by atoms with van der Waals surface area (Å²) in [6, 6.07) is 17.3. The number of hydrogen-bond acceptors (Lipinski definition) is 4. The molecule has 5 nitrogen and oxygen atoms in total. The minimum Gasteiger partial charge on any atom is -0.482 e. The fourth-order valence-electron chi connectivity index (χ4n) is 2.01. The predicted octanol–water partition coefficient (Wildman–Crippen LogP) is 1.91. The Labute approximate surface area is 128 Å². The molecule has 0 aliphatic heterocycles. The van der Waals surface area contributed by atoms with Crippen LogP contribution in [0.15, 0.2) is 54.6 Å². The summed E-state index contributed by atoms with van der Waals surface area (Å²) >= 11 is 0. The SMILES string of the molecule is CC(O)(C(N)=O)C(Oc1ccc(C#N)cc1)c1ccccc1. The molecule has 0 spiro atoms. The molecule has 0 aliphatic carbocycles. The third-order valence-electron chi connectivity index (χ3n) is 3.35. The summed E-state index contributed by atoms with van der Waals surface area (Å²) in [5.41, 5.74) is 4.53. The Morgan fingerprint density at radius 3 is 2.32 bits per heavy atom. The lowest BCUT2D eigenvalue weighted by molar-refractivity contribution is -0.144. The molecule has 2 atom stereocenters. The lowest BCUT2D eigenvalue weighted by atomic mass is 9.92. The smallest absolute Gasteiger partial charge is 0.253 e. The van der Waals surface area contributed by atoms with Crippen molar-refractivity contribution in [3.63, 3.8) is 0 Å². The average molecular weight is 296 g/mol. The van der Waals surface area contributed by atoms with Crippen LogP contribution in [0.2, 0.25) is 0 Å². The normalized spacial score (nSPS) is 14.4. The molecule has 0 saturated heterocycles. The number of nitriles is 1. The van der Waals surface area contributed by atoms with E-state index in [1.54, 1.807) is 48.5 Å². The Hall–Kier alpha value is -2.84. The maximum absolute atomic E-state index is 11.6. The number of hydrogen-bond donors (Lipinski definition) is 2. The molecule has 0 aliphatic rings. The van der Waals surface area contributed by atoms with E-state index in [0.717, 1.165) is 0 Å². The summed E-state index contributed by atoms with van der Waals surface area (Å²) in [4.78, 5) is 11.6. The van der Waals surface area contributed by atoms with E-state index in [0.29, 0.717) is 16.9 Å². The number of aliphatic hydroxyl groups is 1. The lowest BCUT2D eigenvalue weighted by Gasteiger charge is -2.30. The quantitative estimate of drug-likeness (QED) is 0.880. The minimum atomic E-state index is -1.88. The molecule has 2 rings (SSSR count). The first kappa shape index (κ1) is 15.5. The predicted molar refractivity (Wildman–Crippen MR) is 80.8 cm³/mol. The number of nitrogens with two attached hydrogens (primary N) is 1. The fraction of sp³-hybridized carbons (Fsp3) is 0.176. The minimum absolute atomic E-state index is 0.425. The second-order valence-corrected chi connectivity index (χ2v) is 5.06.